The van der Waals surface area contributed by atoms with Crippen LogP contribution >= 0.6 is 0 Å². The molecule has 0 saturated heterocycles. The molecule has 5 nitrogen and oxygen atoms in total. The maximum atomic E-state index is 5.16. The minimum absolute atomic E-state index is 0.823. The van der Waals surface area contributed by atoms with Crippen LogP contribution in [0.15, 0.2) is 42.7 Å². The highest BCUT2D eigenvalue weighted by atomic mass is 16.5. The van der Waals surface area contributed by atoms with Crippen LogP contribution < -0.4 is 10.1 Å². The molecule has 0 spiro atoms. The van der Waals surface area contributed by atoms with Crippen LogP contribution in [0.1, 0.15) is 11.3 Å². The van der Waals surface area contributed by atoms with E-state index in [1.54, 1.807) is 13.3 Å². The maximum Gasteiger partial charge on any atom is 0.152 e. The van der Waals surface area contributed by atoms with Gasteiger partial charge >= 0.3 is 0 Å². The van der Waals surface area contributed by atoms with Gasteiger partial charge < -0.3 is 10.1 Å². The third-order valence-electron chi connectivity index (χ3n) is 3.38. The minimum atomic E-state index is 0.823. The molecule has 2 aromatic heterocycles. The second-order valence-electron chi connectivity index (χ2n) is 4.92. The Balaban J connectivity index is 1.66. The highest BCUT2D eigenvalue weighted by molar-refractivity contribution is 5.67. The first-order chi connectivity index (χ1) is 10.3. The third kappa shape index (κ3) is 2.97. The second-order valence-corrected chi connectivity index (χ2v) is 4.92. The van der Waals surface area contributed by atoms with Crippen LogP contribution in [0.5, 0.6) is 5.75 Å². The summed E-state index contributed by atoms with van der Waals surface area (Å²) in [6.45, 7) is 2.80. The van der Waals surface area contributed by atoms with Crippen molar-refractivity contribution in [2.75, 3.05) is 19.0 Å². The van der Waals surface area contributed by atoms with Crippen molar-refractivity contribution in [2.24, 2.45) is 0 Å². The van der Waals surface area contributed by atoms with E-state index in [0.29, 0.717) is 0 Å². The van der Waals surface area contributed by atoms with Crippen LogP contribution in [0.2, 0.25) is 0 Å². The van der Waals surface area contributed by atoms with Gasteiger partial charge in [-0.15, -0.1) is 0 Å². The Morgan fingerprint density at radius 2 is 2.05 bits per heavy atom. The molecule has 0 radical (unpaired) electrons. The first-order valence-electron chi connectivity index (χ1n) is 6.94. The van der Waals surface area contributed by atoms with E-state index >= 15 is 0 Å². The Kier molecular flexibility index (Phi) is 3.73. The van der Waals surface area contributed by atoms with Crippen LogP contribution in [-0.2, 0) is 6.42 Å². The predicted molar refractivity (Wildman–Crippen MR) is 82.9 cm³/mol. The maximum absolute atomic E-state index is 5.16. The summed E-state index contributed by atoms with van der Waals surface area (Å²) in [5, 5.41) is 7.76. The molecule has 0 fully saturated rings. The zero-order valence-corrected chi connectivity index (χ0v) is 12.2. The van der Waals surface area contributed by atoms with Gasteiger partial charge in [0.15, 0.2) is 5.82 Å². The molecule has 0 unspecified atom stereocenters. The molecule has 0 aliphatic rings. The molecule has 3 aromatic rings. The van der Waals surface area contributed by atoms with Crippen LogP contribution in [0, 0.1) is 6.92 Å². The highest BCUT2D eigenvalue weighted by Gasteiger charge is 2.04. The summed E-state index contributed by atoms with van der Waals surface area (Å²) < 4.78 is 7.00. The number of benzene rings is 1. The highest BCUT2D eigenvalue weighted by Crippen LogP contribution is 2.15. The topological polar surface area (TPSA) is 51.5 Å². The number of ether oxygens (including phenoxy) is 1. The Labute approximate surface area is 123 Å². The standard InChI is InChI=1S/C16H18N4O/c1-12-11-15-16(18-9-10-20(15)19-12)17-8-7-13-3-5-14(21-2)6-4-13/h3-6,9-11H,7-8H2,1-2H3,(H,17,18). The van der Waals surface area contributed by atoms with Gasteiger partial charge in [-0.25, -0.2) is 9.50 Å². The molecule has 5 heteroatoms. The number of anilines is 1. The van der Waals surface area contributed by atoms with E-state index in [2.05, 4.69) is 27.5 Å². The van der Waals surface area contributed by atoms with Crippen molar-refractivity contribution in [2.45, 2.75) is 13.3 Å². The molecule has 0 amide bonds. The lowest BCUT2D eigenvalue weighted by molar-refractivity contribution is 0.414. The molecule has 2 heterocycles. The molecular formula is C16H18N4O. The summed E-state index contributed by atoms with van der Waals surface area (Å²) in [5.74, 6) is 1.75. The van der Waals surface area contributed by atoms with E-state index < -0.39 is 0 Å². The Morgan fingerprint density at radius 1 is 1.24 bits per heavy atom. The van der Waals surface area contributed by atoms with Gasteiger partial charge in [0.05, 0.1) is 12.8 Å². The zero-order valence-electron chi connectivity index (χ0n) is 12.2. The van der Waals surface area contributed by atoms with Gasteiger partial charge in [0.25, 0.3) is 0 Å². The lowest BCUT2D eigenvalue weighted by Crippen LogP contribution is -2.07. The largest absolute Gasteiger partial charge is 0.497 e. The van der Waals surface area contributed by atoms with E-state index in [4.69, 9.17) is 4.74 Å². The van der Waals surface area contributed by atoms with Gasteiger partial charge in [-0.05, 0) is 37.1 Å². The van der Waals surface area contributed by atoms with Crippen molar-refractivity contribution in [3.63, 3.8) is 0 Å². The van der Waals surface area contributed by atoms with Crippen LogP contribution in [0.25, 0.3) is 5.52 Å². The summed E-state index contributed by atoms with van der Waals surface area (Å²) in [6, 6.07) is 10.2. The quantitative estimate of drug-likeness (QED) is 0.781. The Morgan fingerprint density at radius 3 is 2.81 bits per heavy atom. The second kappa shape index (κ2) is 5.83. The molecule has 3 rings (SSSR count). The summed E-state index contributed by atoms with van der Waals surface area (Å²) >= 11 is 0. The smallest absolute Gasteiger partial charge is 0.152 e. The number of fused-ring (bicyclic) bond motifs is 1. The van der Waals surface area contributed by atoms with Gasteiger partial charge in [-0.1, -0.05) is 12.1 Å². The third-order valence-corrected chi connectivity index (χ3v) is 3.38. The normalized spacial score (nSPS) is 10.8. The lowest BCUT2D eigenvalue weighted by Gasteiger charge is -2.07. The number of nitrogens with one attached hydrogen (secondary N) is 1. The van der Waals surface area contributed by atoms with Crippen molar-refractivity contribution in [3.8, 4) is 5.75 Å². The fourth-order valence-corrected chi connectivity index (χ4v) is 2.30. The number of aryl methyl sites for hydroxylation is 1. The van der Waals surface area contributed by atoms with E-state index in [0.717, 1.165) is 35.7 Å². The van der Waals surface area contributed by atoms with Crippen LogP contribution in [0.4, 0.5) is 5.82 Å². The summed E-state index contributed by atoms with van der Waals surface area (Å²) in [7, 11) is 1.68. The van der Waals surface area contributed by atoms with Crippen molar-refractivity contribution >= 4 is 11.3 Å². The molecule has 0 bridgehead atoms. The molecule has 0 aliphatic heterocycles. The Bertz CT molecular complexity index is 734. The van der Waals surface area contributed by atoms with Gasteiger partial charge in [-0.3, -0.25) is 0 Å². The van der Waals surface area contributed by atoms with E-state index in [1.807, 2.05) is 35.8 Å². The molecule has 1 aromatic carbocycles. The number of rotatable bonds is 5. The number of hydrogen-bond donors (Lipinski definition) is 1. The van der Waals surface area contributed by atoms with E-state index in [1.165, 1.54) is 5.56 Å². The first-order valence-corrected chi connectivity index (χ1v) is 6.94. The molecular weight excluding hydrogens is 264 g/mol. The predicted octanol–water partition coefficient (Wildman–Crippen LogP) is 2.70. The van der Waals surface area contributed by atoms with Gasteiger partial charge in [0.2, 0.25) is 0 Å². The summed E-state index contributed by atoms with van der Waals surface area (Å²) in [5.41, 5.74) is 3.26. The van der Waals surface area contributed by atoms with E-state index in [9.17, 15) is 0 Å². The number of hydrogen-bond acceptors (Lipinski definition) is 4. The molecule has 1 N–H and O–H groups in total. The molecule has 0 aliphatic carbocycles. The van der Waals surface area contributed by atoms with Crippen molar-refractivity contribution in [1.82, 2.24) is 14.6 Å². The zero-order chi connectivity index (χ0) is 14.7. The fourth-order valence-electron chi connectivity index (χ4n) is 2.30. The van der Waals surface area contributed by atoms with E-state index in [-0.39, 0.29) is 0 Å². The minimum Gasteiger partial charge on any atom is -0.497 e. The average molecular weight is 282 g/mol. The van der Waals surface area contributed by atoms with Crippen molar-refractivity contribution in [3.05, 3.63) is 54.0 Å². The fraction of sp³-hybridized carbons (Fsp3) is 0.250. The van der Waals surface area contributed by atoms with Gasteiger partial charge in [0.1, 0.15) is 11.3 Å². The van der Waals surface area contributed by atoms with Crippen LogP contribution in [-0.4, -0.2) is 28.3 Å². The van der Waals surface area contributed by atoms with Gasteiger partial charge in [-0.2, -0.15) is 5.10 Å². The average Bonchev–Trinajstić information content (AvgIpc) is 2.89. The summed E-state index contributed by atoms with van der Waals surface area (Å²) in [6.07, 6.45) is 4.55. The van der Waals surface area contributed by atoms with Gasteiger partial charge in [0, 0.05) is 18.9 Å². The SMILES string of the molecule is COc1ccc(CCNc2nccn3nc(C)cc23)cc1. The first kappa shape index (κ1) is 13.4. The van der Waals surface area contributed by atoms with Crippen molar-refractivity contribution < 1.29 is 4.74 Å². The molecule has 108 valence electrons. The number of methoxy groups -OCH3 is 1. The lowest BCUT2D eigenvalue weighted by atomic mass is 10.1. The number of nitrogens with zero attached hydrogens (tertiary/aromatic N) is 3. The van der Waals surface area contributed by atoms with Crippen molar-refractivity contribution in [1.29, 1.82) is 0 Å². The molecule has 0 atom stereocenters. The van der Waals surface area contributed by atoms with Crippen LogP contribution in [0.3, 0.4) is 0 Å². The molecule has 0 saturated carbocycles. The number of aromatic nitrogens is 3. The summed E-state index contributed by atoms with van der Waals surface area (Å²) in [4.78, 5) is 4.39. The monoisotopic (exact) mass is 282 g/mol. The Hall–Kier alpha value is -2.56. The molecule has 21 heavy (non-hydrogen) atoms.